The molecule has 4 nitrogen and oxygen atoms in total. The third kappa shape index (κ3) is 3.52. The molecule has 0 amide bonds. The zero-order valence-electron chi connectivity index (χ0n) is 17.4. The van der Waals surface area contributed by atoms with Gasteiger partial charge in [-0.25, -0.2) is 0 Å². The summed E-state index contributed by atoms with van der Waals surface area (Å²) >= 11 is 0. The van der Waals surface area contributed by atoms with E-state index in [1.54, 1.807) is 6.08 Å². The third-order valence-corrected chi connectivity index (χ3v) is 9.62. The van der Waals surface area contributed by atoms with E-state index in [-0.39, 0.29) is 11.7 Å². The van der Waals surface area contributed by atoms with E-state index < -0.39 is 21.0 Å². The predicted molar refractivity (Wildman–Crippen MR) is 104 cm³/mol. The highest BCUT2D eigenvalue weighted by atomic mass is 32.2. The first-order valence-corrected chi connectivity index (χ1v) is 12.2. The number of hydrogen-bond donors (Lipinski definition) is 0. The molecule has 8 heteroatoms. The lowest BCUT2D eigenvalue weighted by molar-refractivity contribution is -0.0664. The molecular weight excluding hydrogens is 403 g/mol. The molecule has 0 radical (unpaired) electrons. The molecule has 166 valence electrons. The van der Waals surface area contributed by atoms with Gasteiger partial charge in [0.2, 0.25) is 0 Å². The van der Waals surface area contributed by atoms with E-state index in [4.69, 9.17) is 0 Å². The molecule has 0 aromatic rings. The van der Waals surface area contributed by atoms with Crippen molar-refractivity contribution in [3.63, 3.8) is 0 Å². The number of halogens is 3. The van der Waals surface area contributed by atoms with E-state index in [0.717, 1.165) is 18.8 Å². The Kier molecular flexibility index (Phi) is 5.29. The van der Waals surface area contributed by atoms with Crippen LogP contribution in [0.1, 0.15) is 58.3 Å². The zero-order chi connectivity index (χ0) is 21.2. The largest absolute Gasteiger partial charge is 0.534 e. The van der Waals surface area contributed by atoms with E-state index in [1.807, 2.05) is 6.92 Å². The van der Waals surface area contributed by atoms with Gasteiger partial charge < -0.3 is 9.08 Å². The molecule has 0 heterocycles. The highest BCUT2D eigenvalue weighted by Gasteiger charge is 2.58. The first kappa shape index (κ1) is 21.5. The lowest BCUT2D eigenvalue weighted by Gasteiger charge is -2.55. The van der Waals surface area contributed by atoms with Crippen LogP contribution in [0.5, 0.6) is 0 Å². The Morgan fingerprint density at radius 2 is 1.76 bits per heavy atom. The van der Waals surface area contributed by atoms with Crippen molar-refractivity contribution < 1.29 is 25.8 Å². The summed E-state index contributed by atoms with van der Waals surface area (Å²) in [6.45, 7) is 1.91. The molecule has 0 bridgehead atoms. The van der Waals surface area contributed by atoms with Gasteiger partial charge in [-0.05, 0) is 101 Å². The Labute approximate surface area is 172 Å². The molecule has 0 N–H and O–H groups in total. The Bertz CT molecular complexity index is 779. The second-order valence-electron chi connectivity index (χ2n) is 10.1. The number of rotatable bonds is 3. The second kappa shape index (κ2) is 7.14. The summed E-state index contributed by atoms with van der Waals surface area (Å²) in [6, 6.07) is 0.655. The number of nitrogens with zero attached hydrogens (tertiary/aromatic N) is 1. The molecule has 3 unspecified atom stereocenters. The van der Waals surface area contributed by atoms with E-state index in [9.17, 15) is 21.6 Å². The minimum Gasteiger partial charge on any atom is -0.380 e. The van der Waals surface area contributed by atoms with Crippen LogP contribution in [0.3, 0.4) is 0 Å². The maximum absolute atomic E-state index is 12.8. The molecule has 29 heavy (non-hydrogen) atoms. The molecule has 3 fully saturated rings. The molecule has 4 aliphatic rings. The van der Waals surface area contributed by atoms with Crippen LogP contribution in [0.2, 0.25) is 0 Å². The summed E-state index contributed by atoms with van der Waals surface area (Å²) in [5.74, 6) is 2.73. The Morgan fingerprint density at radius 3 is 2.41 bits per heavy atom. The van der Waals surface area contributed by atoms with Crippen molar-refractivity contribution in [3.8, 4) is 0 Å². The molecule has 7 atom stereocenters. The molecular formula is C21H32F3NO3S. The van der Waals surface area contributed by atoms with Crippen molar-refractivity contribution in [2.24, 2.45) is 35.0 Å². The maximum Gasteiger partial charge on any atom is 0.534 e. The van der Waals surface area contributed by atoms with Crippen LogP contribution in [0.15, 0.2) is 11.8 Å². The molecule has 0 saturated heterocycles. The highest BCUT2D eigenvalue weighted by molar-refractivity contribution is 7.87. The first-order valence-electron chi connectivity index (χ1n) is 10.8. The van der Waals surface area contributed by atoms with Gasteiger partial charge in [-0.2, -0.15) is 21.6 Å². The standard InChI is InChI=1S/C21H32F3NO3S/c1-20-11-10-16-15-7-5-14(25(2)3)12-13(15)4-6-17(16)18(20)8-9-19(20)28-29(26,27)21(22,23)24/h9,13-18H,4-8,10-12H2,1-3H3/t13-,14-,15?,16+,17?,18-,20?/m0/s1. The third-order valence-electron chi connectivity index (χ3n) is 8.65. The van der Waals surface area contributed by atoms with Gasteiger partial charge in [-0.3, -0.25) is 0 Å². The summed E-state index contributed by atoms with van der Waals surface area (Å²) in [4.78, 5) is 2.34. The summed E-state index contributed by atoms with van der Waals surface area (Å²) in [6.07, 6.45) is 9.88. The zero-order valence-corrected chi connectivity index (χ0v) is 18.2. The number of hydrogen-bond acceptors (Lipinski definition) is 4. The fraction of sp³-hybridized carbons (Fsp3) is 0.905. The summed E-state index contributed by atoms with van der Waals surface area (Å²) < 4.78 is 66.3. The fourth-order valence-electron chi connectivity index (χ4n) is 7.12. The van der Waals surface area contributed by atoms with Crippen molar-refractivity contribution in [3.05, 3.63) is 11.8 Å². The normalized spacial score (nSPS) is 42.7. The van der Waals surface area contributed by atoms with Crippen molar-refractivity contribution >= 4 is 10.1 Å². The van der Waals surface area contributed by atoms with Crippen LogP contribution in [-0.2, 0) is 14.3 Å². The summed E-state index contributed by atoms with van der Waals surface area (Å²) in [5.41, 5.74) is -5.99. The van der Waals surface area contributed by atoms with Gasteiger partial charge in [-0.1, -0.05) is 6.92 Å². The van der Waals surface area contributed by atoms with Crippen molar-refractivity contribution in [1.82, 2.24) is 4.90 Å². The van der Waals surface area contributed by atoms with Gasteiger partial charge >= 0.3 is 15.6 Å². The van der Waals surface area contributed by atoms with Crippen LogP contribution >= 0.6 is 0 Å². The molecule has 0 aromatic carbocycles. The molecule has 4 rings (SSSR count). The Balaban J connectivity index is 1.49. The van der Waals surface area contributed by atoms with Crippen LogP contribution in [0, 0.1) is 35.0 Å². The highest BCUT2D eigenvalue weighted by Crippen LogP contribution is 2.63. The average molecular weight is 436 g/mol. The van der Waals surface area contributed by atoms with Crippen molar-refractivity contribution in [2.75, 3.05) is 14.1 Å². The minimum atomic E-state index is -5.61. The summed E-state index contributed by atoms with van der Waals surface area (Å²) in [5, 5.41) is 0. The smallest absolute Gasteiger partial charge is 0.380 e. The van der Waals surface area contributed by atoms with E-state index in [1.165, 1.54) is 25.7 Å². The quantitative estimate of drug-likeness (QED) is 0.466. The second-order valence-corrected chi connectivity index (χ2v) is 11.6. The lowest BCUT2D eigenvalue weighted by atomic mass is 9.50. The Morgan fingerprint density at radius 1 is 1.07 bits per heavy atom. The Hall–Kier alpha value is -0.760. The van der Waals surface area contributed by atoms with Gasteiger partial charge in [0.25, 0.3) is 0 Å². The minimum absolute atomic E-state index is 0.0247. The molecule has 4 aliphatic carbocycles. The topological polar surface area (TPSA) is 46.6 Å². The number of allylic oxidation sites excluding steroid dienone is 2. The summed E-state index contributed by atoms with van der Waals surface area (Å²) in [7, 11) is -1.29. The van der Waals surface area contributed by atoms with Crippen LogP contribution in [-0.4, -0.2) is 39.0 Å². The SMILES string of the molecule is CN(C)[C@H]1CCC2[C@@H](CCC3[C@@H]2CCC2(C)C(OS(=O)(=O)C(F)(F)F)=CC[C@@H]32)C1. The molecule has 3 saturated carbocycles. The van der Waals surface area contributed by atoms with Gasteiger partial charge in [0.1, 0.15) is 5.76 Å². The molecule has 0 aromatic heterocycles. The maximum atomic E-state index is 12.8. The van der Waals surface area contributed by atoms with E-state index in [2.05, 4.69) is 23.2 Å². The first-order chi connectivity index (χ1) is 13.4. The van der Waals surface area contributed by atoms with E-state index >= 15 is 0 Å². The van der Waals surface area contributed by atoms with Crippen molar-refractivity contribution in [1.29, 1.82) is 0 Å². The van der Waals surface area contributed by atoms with Crippen LogP contribution in [0.25, 0.3) is 0 Å². The lowest BCUT2D eigenvalue weighted by Crippen LogP contribution is -2.50. The van der Waals surface area contributed by atoms with E-state index in [0.29, 0.717) is 36.6 Å². The fourth-order valence-corrected chi connectivity index (χ4v) is 7.71. The molecule has 0 aliphatic heterocycles. The average Bonchev–Trinajstić information content (AvgIpc) is 2.96. The predicted octanol–water partition coefficient (Wildman–Crippen LogP) is 4.93. The van der Waals surface area contributed by atoms with Gasteiger partial charge in [0.15, 0.2) is 0 Å². The van der Waals surface area contributed by atoms with Gasteiger partial charge in [-0.15, -0.1) is 0 Å². The van der Waals surface area contributed by atoms with Crippen LogP contribution < -0.4 is 0 Å². The monoisotopic (exact) mass is 435 g/mol. The number of alkyl halides is 3. The van der Waals surface area contributed by atoms with Gasteiger partial charge in [0, 0.05) is 11.5 Å². The molecule has 0 spiro atoms. The van der Waals surface area contributed by atoms with Crippen molar-refractivity contribution in [2.45, 2.75) is 69.8 Å². The van der Waals surface area contributed by atoms with Crippen LogP contribution in [0.4, 0.5) is 13.2 Å². The van der Waals surface area contributed by atoms with Gasteiger partial charge in [0.05, 0.1) is 0 Å². The number of fused-ring (bicyclic) bond motifs is 5.